The van der Waals surface area contributed by atoms with Crippen LogP contribution in [0, 0.1) is 11.6 Å². The lowest BCUT2D eigenvalue weighted by Gasteiger charge is -2.25. The number of rotatable bonds is 3. The van der Waals surface area contributed by atoms with E-state index in [1.807, 2.05) is 0 Å². The molecule has 1 aliphatic carbocycles. The van der Waals surface area contributed by atoms with Crippen molar-refractivity contribution in [2.24, 2.45) is 4.99 Å². The van der Waals surface area contributed by atoms with Gasteiger partial charge in [0.2, 0.25) is 0 Å². The molecule has 1 saturated carbocycles. The van der Waals surface area contributed by atoms with Gasteiger partial charge in [-0.1, -0.05) is 18.2 Å². The second-order valence-corrected chi connectivity index (χ2v) is 7.09. The Hall–Kier alpha value is -1.95. The zero-order chi connectivity index (χ0) is 17.4. The Morgan fingerprint density at radius 1 is 1.20 bits per heavy atom. The smallest absolute Gasteiger partial charge is 0.193 e. The van der Waals surface area contributed by atoms with Gasteiger partial charge in [0.15, 0.2) is 5.96 Å². The van der Waals surface area contributed by atoms with Crippen LogP contribution in [-0.2, 0) is 0 Å². The molecule has 2 fully saturated rings. The van der Waals surface area contributed by atoms with E-state index >= 15 is 0 Å². The van der Waals surface area contributed by atoms with Gasteiger partial charge < -0.3 is 10.2 Å². The van der Waals surface area contributed by atoms with E-state index in [4.69, 9.17) is 0 Å². The fourth-order valence-electron chi connectivity index (χ4n) is 4.03. The molecule has 0 aromatic heterocycles. The van der Waals surface area contributed by atoms with Crippen molar-refractivity contribution in [2.75, 3.05) is 33.2 Å². The highest BCUT2D eigenvalue weighted by atomic mass is 19.1. The summed E-state index contributed by atoms with van der Waals surface area (Å²) < 4.78 is 27.9. The lowest BCUT2D eigenvalue weighted by molar-refractivity contribution is 0.259. The lowest BCUT2D eigenvalue weighted by Crippen LogP contribution is -2.43. The predicted octanol–water partition coefficient (Wildman–Crippen LogP) is 2.34. The van der Waals surface area contributed by atoms with E-state index in [0.717, 1.165) is 45.0 Å². The molecule has 0 bridgehead atoms. The number of hydrogen-bond acceptors (Lipinski definition) is 2. The van der Waals surface area contributed by atoms with Crippen LogP contribution in [0.5, 0.6) is 0 Å². The van der Waals surface area contributed by atoms with Crippen LogP contribution in [0.2, 0.25) is 0 Å². The first-order valence-corrected chi connectivity index (χ1v) is 8.98. The highest BCUT2D eigenvalue weighted by Gasteiger charge is 2.43. The maximum Gasteiger partial charge on any atom is 0.193 e. The van der Waals surface area contributed by atoms with Crippen LogP contribution in [0.25, 0.3) is 0 Å². The van der Waals surface area contributed by atoms with E-state index in [1.54, 1.807) is 7.05 Å². The summed E-state index contributed by atoms with van der Waals surface area (Å²) in [6.45, 7) is 3.97. The molecular formula is C19H24F2N4. The molecule has 134 valence electrons. The second kappa shape index (κ2) is 6.75. The van der Waals surface area contributed by atoms with Gasteiger partial charge in [0.05, 0.1) is 0 Å². The largest absolute Gasteiger partial charge is 0.353 e. The van der Waals surface area contributed by atoms with Crippen LogP contribution in [0.4, 0.5) is 8.78 Å². The summed E-state index contributed by atoms with van der Waals surface area (Å²) in [4.78, 5) is 9.13. The van der Waals surface area contributed by atoms with Gasteiger partial charge in [-0.2, -0.15) is 0 Å². The average Bonchev–Trinajstić information content (AvgIpc) is 3.03. The van der Waals surface area contributed by atoms with E-state index < -0.39 is 11.6 Å². The summed E-state index contributed by atoms with van der Waals surface area (Å²) in [7, 11) is 1.77. The van der Waals surface area contributed by atoms with Gasteiger partial charge in [0.25, 0.3) is 0 Å². The summed E-state index contributed by atoms with van der Waals surface area (Å²) in [5, 5.41) is 3.41. The summed E-state index contributed by atoms with van der Waals surface area (Å²) in [5.41, 5.74) is 0.206. The number of likely N-dealkylation sites (tertiary alicyclic amines) is 1. The van der Waals surface area contributed by atoms with Crippen LogP contribution >= 0.6 is 0 Å². The number of aliphatic imine (C=N–C) groups is 1. The highest BCUT2D eigenvalue weighted by molar-refractivity contribution is 5.81. The molecule has 3 aliphatic rings. The van der Waals surface area contributed by atoms with Crippen molar-refractivity contribution in [1.29, 1.82) is 0 Å². The van der Waals surface area contributed by atoms with Gasteiger partial charge in [0, 0.05) is 56.8 Å². The van der Waals surface area contributed by atoms with Crippen molar-refractivity contribution in [2.45, 2.75) is 30.8 Å². The zero-order valence-electron chi connectivity index (χ0n) is 14.5. The fourth-order valence-corrected chi connectivity index (χ4v) is 4.03. The summed E-state index contributed by atoms with van der Waals surface area (Å²) in [6.07, 6.45) is 6.30. The molecule has 1 N–H and O–H groups in total. The number of nitrogens with zero attached hydrogens (tertiary/aromatic N) is 3. The number of hydrogen-bond donors (Lipinski definition) is 1. The third kappa shape index (κ3) is 3.27. The Morgan fingerprint density at radius 2 is 1.92 bits per heavy atom. The van der Waals surface area contributed by atoms with Crippen LogP contribution in [0.1, 0.15) is 24.3 Å². The first kappa shape index (κ1) is 16.5. The SMILES string of the molecule is CN=C(NC1CC1c1c(F)cccc1F)N1CCC(N2CC=CC2)C1. The summed E-state index contributed by atoms with van der Waals surface area (Å²) in [5.74, 6) is -0.169. The normalized spacial score (nSPS) is 29.5. The molecule has 25 heavy (non-hydrogen) atoms. The molecule has 1 aromatic rings. The van der Waals surface area contributed by atoms with E-state index in [9.17, 15) is 8.78 Å². The first-order valence-electron chi connectivity index (χ1n) is 8.98. The van der Waals surface area contributed by atoms with Crippen molar-refractivity contribution >= 4 is 5.96 Å². The molecule has 1 aromatic carbocycles. The Morgan fingerprint density at radius 3 is 2.60 bits per heavy atom. The predicted molar refractivity (Wildman–Crippen MR) is 94.7 cm³/mol. The molecule has 0 amide bonds. The van der Waals surface area contributed by atoms with E-state index in [1.165, 1.54) is 18.2 Å². The molecule has 1 saturated heterocycles. The Labute approximate surface area is 147 Å². The molecule has 4 nitrogen and oxygen atoms in total. The van der Waals surface area contributed by atoms with Crippen molar-refractivity contribution in [3.8, 4) is 0 Å². The fraction of sp³-hybridized carbons (Fsp3) is 0.526. The molecule has 3 atom stereocenters. The van der Waals surface area contributed by atoms with Crippen LogP contribution < -0.4 is 5.32 Å². The quantitative estimate of drug-likeness (QED) is 0.518. The lowest BCUT2D eigenvalue weighted by atomic mass is 10.1. The minimum absolute atomic E-state index is 0.0533. The van der Waals surface area contributed by atoms with Crippen molar-refractivity contribution in [1.82, 2.24) is 15.1 Å². The Bertz CT molecular complexity index is 674. The summed E-state index contributed by atoms with van der Waals surface area (Å²) >= 11 is 0. The van der Waals surface area contributed by atoms with Crippen molar-refractivity contribution < 1.29 is 8.78 Å². The second-order valence-electron chi connectivity index (χ2n) is 7.09. The molecule has 3 unspecified atom stereocenters. The molecule has 0 spiro atoms. The summed E-state index contributed by atoms with van der Waals surface area (Å²) in [6, 6.07) is 4.68. The monoisotopic (exact) mass is 346 g/mol. The Kier molecular flexibility index (Phi) is 4.46. The van der Waals surface area contributed by atoms with E-state index in [0.29, 0.717) is 6.04 Å². The molecule has 2 aliphatic heterocycles. The van der Waals surface area contributed by atoms with E-state index in [-0.39, 0.29) is 17.5 Å². The topological polar surface area (TPSA) is 30.9 Å². The Balaban J connectivity index is 1.36. The minimum Gasteiger partial charge on any atom is -0.353 e. The third-order valence-corrected chi connectivity index (χ3v) is 5.51. The van der Waals surface area contributed by atoms with Gasteiger partial charge >= 0.3 is 0 Å². The molecule has 2 heterocycles. The van der Waals surface area contributed by atoms with Crippen molar-refractivity contribution in [3.05, 3.63) is 47.5 Å². The zero-order valence-corrected chi connectivity index (χ0v) is 14.5. The third-order valence-electron chi connectivity index (χ3n) is 5.51. The first-order chi connectivity index (χ1) is 12.2. The van der Waals surface area contributed by atoms with Gasteiger partial charge in [-0.15, -0.1) is 0 Å². The number of halogens is 2. The number of nitrogens with one attached hydrogen (secondary N) is 1. The van der Waals surface area contributed by atoms with Gasteiger partial charge in [0.1, 0.15) is 11.6 Å². The maximum absolute atomic E-state index is 13.9. The van der Waals surface area contributed by atoms with Gasteiger partial charge in [-0.25, -0.2) is 8.78 Å². The van der Waals surface area contributed by atoms with Crippen LogP contribution in [0.3, 0.4) is 0 Å². The molecule has 6 heteroatoms. The van der Waals surface area contributed by atoms with Crippen LogP contribution in [-0.4, -0.2) is 61.1 Å². The van der Waals surface area contributed by atoms with E-state index in [2.05, 4.69) is 32.3 Å². The molecule has 0 radical (unpaired) electrons. The highest BCUT2D eigenvalue weighted by Crippen LogP contribution is 2.43. The number of guanidine groups is 1. The van der Waals surface area contributed by atoms with Crippen LogP contribution in [0.15, 0.2) is 35.3 Å². The van der Waals surface area contributed by atoms with Gasteiger partial charge in [-0.05, 0) is 25.0 Å². The standard InChI is InChI=1S/C19H24F2N4/c1-22-19(25-10-7-13(12-25)24-8-2-3-9-24)23-17-11-14(17)18-15(20)5-4-6-16(18)21/h2-6,13-14,17H,7-12H2,1H3,(H,22,23). The van der Waals surface area contributed by atoms with Crippen molar-refractivity contribution in [3.63, 3.8) is 0 Å². The maximum atomic E-state index is 13.9. The number of benzene rings is 1. The minimum atomic E-state index is -0.452. The molecule has 4 rings (SSSR count). The van der Waals surface area contributed by atoms with Gasteiger partial charge in [-0.3, -0.25) is 9.89 Å². The average molecular weight is 346 g/mol. The molecular weight excluding hydrogens is 322 g/mol.